The third kappa shape index (κ3) is 8.07. The Morgan fingerprint density at radius 1 is 0.864 bits per heavy atom. The fraction of sp³-hybridized carbons (Fsp3) is 0.429. The van der Waals surface area contributed by atoms with E-state index in [9.17, 15) is 27.9 Å². The van der Waals surface area contributed by atoms with Crippen molar-refractivity contribution in [1.82, 2.24) is 15.5 Å². The first-order valence-corrected chi connectivity index (χ1v) is 15.5. The predicted octanol–water partition coefficient (Wildman–Crippen LogP) is 5.99. The number of alkyl halides is 3. The SMILES string of the molecule is O=C(N[C@@H](Cc1ccccc1)[C@H](O)CNCc1cccc(C(F)(F)F)c1)c1cccc(C(=O)N2CCCC2C2CCCC2)c1. The molecule has 2 aliphatic rings. The maximum absolute atomic E-state index is 13.6. The molecular weight excluding hydrogens is 567 g/mol. The van der Waals surface area contributed by atoms with Crippen LogP contribution in [0.5, 0.6) is 0 Å². The van der Waals surface area contributed by atoms with Crippen molar-refractivity contribution in [3.8, 4) is 0 Å². The number of nitrogens with zero attached hydrogens (tertiary/aromatic N) is 1. The molecule has 0 radical (unpaired) electrons. The van der Waals surface area contributed by atoms with Crippen LogP contribution in [0.25, 0.3) is 0 Å². The molecule has 3 aromatic rings. The van der Waals surface area contributed by atoms with E-state index in [2.05, 4.69) is 10.6 Å². The van der Waals surface area contributed by atoms with Crippen molar-refractivity contribution in [3.05, 3.63) is 107 Å². The van der Waals surface area contributed by atoms with Crippen LogP contribution in [0.2, 0.25) is 0 Å². The van der Waals surface area contributed by atoms with Crippen molar-refractivity contribution in [2.45, 2.75) is 75.9 Å². The van der Waals surface area contributed by atoms with Gasteiger partial charge >= 0.3 is 6.18 Å². The summed E-state index contributed by atoms with van der Waals surface area (Å²) < 4.78 is 39.3. The van der Waals surface area contributed by atoms with Crippen LogP contribution in [0.4, 0.5) is 13.2 Å². The van der Waals surface area contributed by atoms with E-state index in [1.54, 1.807) is 30.3 Å². The van der Waals surface area contributed by atoms with E-state index < -0.39 is 29.8 Å². The summed E-state index contributed by atoms with van der Waals surface area (Å²) >= 11 is 0. The molecule has 1 saturated carbocycles. The molecule has 5 rings (SSSR count). The summed E-state index contributed by atoms with van der Waals surface area (Å²) in [4.78, 5) is 29.0. The molecule has 1 aliphatic carbocycles. The molecule has 2 fully saturated rings. The lowest BCUT2D eigenvalue weighted by molar-refractivity contribution is -0.137. The summed E-state index contributed by atoms with van der Waals surface area (Å²) in [6.45, 7) is 0.898. The average molecular weight is 608 g/mol. The monoisotopic (exact) mass is 607 g/mol. The van der Waals surface area contributed by atoms with Crippen molar-refractivity contribution in [2.75, 3.05) is 13.1 Å². The van der Waals surface area contributed by atoms with Crippen LogP contribution in [0.15, 0.2) is 78.9 Å². The maximum Gasteiger partial charge on any atom is 0.416 e. The van der Waals surface area contributed by atoms with Gasteiger partial charge in [0.05, 0.1) is 17.7 Å². The molecule has 1 aliphatic heterocycles. The lowest BCUT2D eigenvalue weighted by atomic mass is 9.95. The van der Waals surface area contributed by atoms with Crippen molar-refractivity contribution < 1.29 is 27.9 Å². The number of rotatable bonds is 11. The molecule has 9 heteroatoms. The van der Waals surface area contributed by atoms with Gasteiger partial charge in [-0.1, -0.05) is 67.4 Å². The van der Waals surface area contributed by atoms with E-state index in [1.807, 2.05) is 35.2 Å². The Kier molecular flexibility index (Phi) is 10.4. The molecule has 1 heterocycles. The molecule has 2 amide bonds. The van der Waals surface area contributed by atoms with Crippen LogP contribution < -0.4 is 10.6 Å². The van der Waals surface area contributed by atoms with Crippen molar-refractivity contribution in [1.29, 1.82) is 0 Å². The molecule has 6 nitrogen and oxygen atoms in total. The van der Waals surface area contributed by atoms with Gasteiger partial charge in [0.15, 0.2) is 0 Å². The van der Waals surface area contributed by atoms with Gasteiger partial charge in [-0.3, -0.25) is 9.59 Å². The average Bonchev–Trinajstić information content (AvgIpc) is 3.73. The molecule has 3 atom stereocenters. The van der Waals surface area contributed by atoms with Gasteiger partial charge in [0.2, 0.25) is 0 Å². The summed E-state index contributed by atoms with van der Waals surface area (Å²) in [6, 6.07) is 20.8. The number of carbonyl (C=O) groups excluding carboxylic acids is 2. The van der Waals surface area contributed by atoms with E-state index in [0.717, 1.165) is 49.9 Å². The summed E-state index contributed by atoms with van der Waals surface area (Å²) in [7, 11) is 0. The van der Waals surface area contributed by atoms with E-state index in [4.69, 9.17) is 0 Å². The number of benzene rings is 3. The summed E-state index contributed by atoms with van der Waals surface area (Å²) in [5, 5.41) is 17.1. The largest absolute Gasteiger partial charge is 0.416 e. The molecule has 0 spiro atoms. The molecule has 0 aromatic heterocycles. The second-order valence-electron chi connectivity index (χ2n) is 12.0. The first kappa shape index (κ1) is 31.7. The van der Waals surface area contributed by atoms with Gasteiger partial charge in [-0.2, -0.15) is 13.2 Å². The van der Waals surface area contributed by atoms with E-state index >= 15 is 0 Å². The molecule has 1 saturated heterocycles. The fourth-order valence-corrected chi connectivity index (χ4v) is 6.60. The Balaban J connectivity index is 1.25. The summed E-state index contributed by atoms with van der Waals surface area (Å²) in [5.74, 6) is 0.0929. The normalized spacial score (nSPS) is 18.7. The number of likely N-dealkylation sites (tertiary alicyclic amines) is 1. The van der Waals surface area contributed by atoms with Crippen molar-refractivity contribution in [3.63, 3.8) is 0 Å². The first-order chi connectivity index (χ1) is 21.2. The molecule has 234 valence electrons. The summed E-state index contributed by atoms with van der Waals surface area (Å²) in [5.41, 5.74) is 1.42. The fourth-order valence-electron chi connectivity index (χ4n) is 6.60. The van der Waals surface area contributed by atoms with Crippen molar-refractivity contribution in [2.24, 2.45) is 5.92 Å². The highest BCUT2D eigenvalue weighted by Crippen LogP contribution is 2.36. The Morgan fingerprint density at radius 3 is 2.32 bits per heavy atom. The van der Waals surface area contributed by atoms with E-state index in [0.29, 0.717) is 29.0 Å². The Labute approximate surface area is 256 Å². The molecule has 3 N–H and O–H groups in total. The zero-order valence-electron chi connectivity index (χ0n) is 24.7. The Hall–Kier alpha value is -3.69. The van der Waals surface area contributed by atoms with Gasteiger partial charge in [0, 0.05) is 36.8 Å². The third-order valence-electron chi connectivity index (χ3n) is 8.89. The maximum atomic E-state index is 13.6. The van der Waals surface area contributed by atoms with E-state index in [1.165, 1.54) is 18.9 Å². The van der Waals surface area contributed by atoms with Gasteiger partial charge in [-0.15, -0.1) is 0 Å². The topological polar surface area (TPSA) is 81.7 Å². The second-order valence-corrected chi connectivity index (χ2v) is 12.0. The van der Waals surface area contributed by atoms with Crippen LogP contribution in [0.3, 0.4) is 0 Å². The standard InChI is InChI=1S/C35H40F3N3O3/c36-35(37,38)29-16-6-11-25(19-29)22-39-23-32(42)30(20-24-9-2-1-3-10-24)40-33(43)27-14-7-15-28(21-27)34(44)41-18-8-17-31(41)26-12-4-5-13-26/h1-3,6-7,9-11,14-16,19,21,26,30-32,39,42H,4-5,8,12-13,17-18,20,22-23H2,(H,40,43)/t30-,31?,32+/m0/s1. The van der Waals surface area contributed by atoms with Gasteiger partial charge in [0.1, 0.15) is 0 Å². The number of nitrogens with one attached hydrogen (secondary N) is 2. The smallest absolute Gasteiger partial charge is 0.390 e. The minimum Gasteiger partial charge on any atom is -0.390 e. The molecule has 44 heavy (non-hydrogen) atoms. The highest BCUT2D eigenvalue weighted by molar-refractivity contribution is 6.00. The zero-order valence-corrected chi connectivity index (χ0v) is 24.7. The third-order valence-corrected chi connectivity index (χ3v) is 8.89. The van der Waals surface area contributed by atoms with Gasteiger partial charge in [-0.05, 0) is 73.4 Å². The number of aliphatic hydroxyl groups excluding tert-OH is 1. The molecule has 3 aromatic carbocycles. The predicted molar refractivity (Wildman–Crippen MR) is 163 cm³/mol. The van der Waals surface area contributed by atoms with Crippen LogP contribution in [-0.4, -0.2) is 53.1 Å². The zero-order chi connectivity index (χ0) is 31.1. The highest BCUT2D eigenvalue weighted by Gasteiger charge is 2.36. The Bertz CT molecular complexity index is 1410. The van der Waals surface area contributed by atoms with Crippen LogP contribution in [0.1, 0.15) is 75.9 Å². The Morgan fingerprint density at radius 2 is 1.57 bits per heavy atom. The number of carbonyl (C=O) groups is 2. The van der Waals surface area contributed by atoms with Crippen LogP contribution >= 0.6 is 0 Å². The lowest BCUT2D eigenvalue weighted by Crippen LogP contribution is -2.48. The quantitative estimate of drug-likeness (QED) is 0.250. The summed E-state index contributed by atoms with van der Waals surface area (Å²) in [6.07, 6.45) is 1.65. The van der Waals surface area contributed by atoms with Gasteiger partial charge < -0.3 is 20.6 Å². The van der Waals surface area contributed by atoms with Gasteiger partial charge in [-0.25, -0.2) is 0 Å². The second kappa shape index (κ2) is 14.4. The highest BCUT2D eigenvalue weighted by atomic mass is 19.4. The number of amides is 2. The lowest BCUT2D eigenvalue weighted by Gasteiger charge is -2.29. The number of aliphatic hydroxyl groups is 1. The molecular formula is C35H40F3N3O3. The number of hydrogen-bond donors (Lipinski definition) is 3. The molecule has 1 unspecified atom stereocenters. The van der Waals surface area contributed by atoms with Gasteiger partial charge in [0.25, 0.3) is 11.8 Å². The minimum absolute atomic E-state index is 0.0457. The molecule has 0 bridgehead atoms. The number of hydrogen-bond acceptors (Lipinski definition) is 4. The van der Waals surface area contributed by atoms with E-state index in [-0.39, 0.29) is 25.0 Å². The number of halogens is 3. The minimum atomic E-state index is -4.44. The van der Waals surface area contributed by atoms with Crippen molar-refractivity contribution >= 4 is 11.8 Å². The first-order valence-electron chi connectivity index (χ1n) is 15.5. The van der Waals surface area contributed by atoms with Crippen LogP contribution in [-0.2, 0) is 19.1 Å². The van der Waals surface area contributed by atoms with Crippen LogP contribution in [0, 0.1) is 5.92 Å².